The lowest BCUT2D eigenvalue weighted by atomic mass is 9.95. The molecule has 7 heteroatoms. The first kappa shape index (κ1) is 25.0. The molecule has 0 aliphatic carbocycles. The minimum atomic E-state index is -0.747. The number of likely N-dealkylation sites (tertiary alicyclic amines) is 1. The number of hydrogen-bond acceptors (Lipinski definition) is 6. The highest BCUT2D eigenvalue weighted by atomic mass is 16.5. The number of ketones is 1. The molecule has 1 amide bonds. The first-order chi connectivity index (χ1) is 17.4. The number of carbonyl (C=O) groups is 2. The van der Waals surface area contributed by atoms with E-state index in [1.807, 2.05) is 25.1 Å². The third-order valence-electron chi connectivity index (χ3n) is 6.12. The molecule has 3 aromatic carbocycles. The van der Waals surface area contributed by atoms with Gasteiger partial charge < -0.3 is 24.2 Å². The molecule has 1 fully saturated rings. The molecule has 4 rings (SSSR count). The molecular weight excluding hydrogens is 458 g/mol. The van der Waals surface area contributed by atoms with Crippen LogP contribution in [0.2, 0.25) is 0 Å². The van der Waals surface area contributed by atoms with Crippen molar-refractivity contribution in [1.82, 2.24) is 4.90 Å². The number of carbonyl (C=O) groups excluding carboxylic acids is 2. The summed E-state index contributed by atoms with van der Waals surface area (Å²) in [6.07, 6.45) is 0. The van der Waals surface area contributed by atoms with Crippen LogP contribution in [0.15, 0.2) is 78.4 Å². The fourth-order valence-electron chi connectivity index (χ4n) is 4.27. The molecule has 1 atom stereocenters. The predicted octanol–water partition coefficient (Wildman–Crippen LogP) is 4.65. The van der Waals surface area contributed by atoms with Gasteiger partial charge in [0, 0.05) is 19.2 Å². The lowest BCUT2D eigenvalue weighted by molar-refractivity contribution is -0.140. The Balaban J connectivity index is 1.64. The zero-order chi connectivity index (χ0) is 25.7. The average molecular weight is 488 g/mol. The highest BCUT2D eigenvalue weighted by Crippen LogP contribution is 2.39. The zero-order valence-electron chi connectivity index (χ0n) is 20.6. The van der Waals surface area contributed by atoms with E-state index >= 15 is 0 Å². The number of rotatable bonds is 9. The Kier molecular flexibility index (Phi) is 7.71. The fraction of sp³-hybridized carbons (Fsp3) is 0.241. The van der Waals surface area contributed by atoms with Gasteiger partial charge in [0.2, 0.25) is 0 Å². The molecule has 3 aromatic rings. The summed E-state index contributed by atoms with van der Waals surface area (Å²) >= 11 is 0. The normalized spacial score (nSPS) is 16.9. The lowest BCUT2D eigenvalue weighted by Gasteiger charge is -2.25. The second-order valence-corrected chi connectivity index (χ2v) is 8.56. The Morgan fingerprint density at radius 3 is 2.28 bits per heavy atom. The van der Waals surface area contributed by atoms with Gasteiger partial charge >= 0.3 is 0 Å². The molecule has 1 unspecified atom stereocenters. The third kappa shape index (κ3) is 5.26. The van der Waals surface area contributed by atoms with E-state index in [1.165, 1.54) is 12.0 Å². The summed E-state index contributed by atoms with van der Waals surface area (Å²) in [5.74, 6) is -0.370. The van der Waals surface area contributed by atoms with Gasteiger partial charge in [0.1, 0.15) is 23.9 Å². The second kappa shape index (κ2) is 11.1. The van der Waals surface area contributed by atoms with Gasteiger partial charge in [-0.2, -0.15) is 0 Å². The van der Waals surface area contributed by atoms with Crippen molar-refractivity contribution in [2.45, 2.75) is 19.6 Å². The van der Waals surface area contributed by atoms with E-state index in [0.717, 1.165) is 11.1 Å². The number of aliphatic hydroxyl groups excluding tert-OH is 1. The fourth-order valence-corrected chi connectivity index (χ4v) is 4.27. The Labute approximate surface area is 210 Å². The first-order valence-corrected chi connectivity index (χ1v) is 11.6. The summed E-state index contributed by atoms with van der Waals surface area (Å²) in [7, 11) is 3.09. The van der Waals surface area contributed by atoms with Crippen LogP contribution in [0, 0.1) is 6.92 Å². The standard InChI is InChI=1S/C29H29NO6/c1-19-5-4-6-20(17-19)18-36-24-13-9-22(10-14-24)27(31)25-26(21-7-11-23(35-3)12-8-21)30(15-16-34-2)29(33)28(25)32/h4-14,17,26,31H,15-16,18H2,1-3H3. The van der Waals surface area contributed by atoms with Crippen molar-refractivity contribution in [1.29, 1.82) is 0 Å². The van der Waals surface area contributed by atoms with Gasteiger partial charge in [-0.25, -0.2) is 0 Å². The Hall–Kier alpha value is -4.10. The molecular formula is C29H29NO6. The van der Waals surface area contributed by atoms with Gasteiger partial charge in [0.25, 0.3) is 11.7 Å². The number of Topliss-reactive ketones (excluding diaryl/α,β-unsaturated/α-hetero) is 1. The number of amides is 1. The first-order valence-electron chi connectivity index (χ1n) is 11.6. The van der Waals surface area contributed by atoms with Crippen LogP contribution in [-0.2, 0) is 20.9 Å². The van der Waals surface area contributed by atoms with Crippen LogP contribution in [0.25, 0.3) is 5.76 Å². The molecule has 1 aliphatic heterocycles. The van der Waals surface area contributed by atoms with Crippen molar-refractivity contribution < 1.29 is 28.9 Å². The average Bonchev–Trinajstić information content (AvgIpc) is 3.15. The summed E-state index contributed by atoms with van der Waals surface area (Å²) < 4.78 is 16.2. The number of aliphatic hydroxyl groups is 1. The number of hydrogen-bond donors (Lipinski definition) is 1. The van der Waals surface area contributed by atoms with E-state index in [1.54, 1.807) is 55.6 Å². The maximum Gasteiger partial charge on any atom is 0.295 e. The highest BCUT2D eigenvalue weighted by Gasteiger charge is 2.45. The van der Waals surface area contributed by atoms with Crippen LogP contribution < -0.4 is 9.47 Å². The van der Waals surface area contributed by atoms with E-state index in [0.29, 0.717) is 29.2 Å². The zero-order valence-corrected chi connectivity index (χ0v) is 20.6. The van der Waals surface area contributed by atoms with E-state index in [-0.39, 0.29) is 24.5 Å². The number of methoxy groups -OCH3 is 2. The minimum absolute atomic E-state index is 0.0368. The molecule has 0 aromatic heterocycles. The van der Waals surface area contributed by atoms with Gasteiger partial charge in [-0.05, 0) is 54.4 Å². The Morgan fingerprint density at radius 1 is 0.944 bits per heavy atom. The summed E-state index contributed by atoms with van der Waals surface area (Å²) in [4.78, 5) is 27.4. The molecule has 0 saturated carbocycles. The van der Waals surface area contributed by atoms with Crippen LogP contribution in [0.1, 0.15) is 28.3 Å². The molecule has 1 saturated heterocycles. The Morgan fingerprint density at radius 2 is 1.64 bits per heavy atom. The van der Waals surface area contributed by atoms with Gasteiger partial charge in [0.05, 0.1) is 25.3 Å². The number of ether oxygens (including phenoxy) is 3. The molecule has 186 valence electrons. The van der Waals surface area contributed by atoms with E-state index in [4.69, 9.17) is 14.2 Å². The molecule has 7 nitrogen and oxygen atoms in total. The van der Waals surface area contributed by atoms with Crippen molar-refractivity contribution >= 4 is 17.4 Å². The van der Waals surface area contributed by atoms with Crippen molar-refractivity contribution in [3.05, 3.63) is 101 Å². The summed E-state index contributed by atoms with van der Waals surface area (Å²) in [6, 6.07) is 21.2. The van der Waals surface area contributed by atoms with Crippen LogP contribution >= 0.6 is 0 Å². The predicted molar refractivity (Wildman–Crippen MR) is 136 cm³/mol. The minimum Gasteiger partial charge on any atom is -0.507 e. The quantitative estimate of drug-likeness (QED) is 0.269. The van der Waals surface area contributed by atoms with Crippen molar-refractivity contribution in [3.63, 3.8) is 0 Å². The van der Waals surface area contributed by atoms with Crippen LogP contribution in [0.4, 0.5) is 0 Å². The van der Waals surface area contributed by atoms with Gasteiger partial charge in [-0.3, -0.25) is 9.59 Å². The summed E-state index contributed by atoms with van der Waals surface area (Å²) in [6.45, 7) is 2.90. The topological polar surface area (TPSA) is 85.3 Å². The summed E-state index contributed by atoms with van der Waals surface area (Å²) in [5, 5.41) is 11.2. The van der Waals surface area contributed by atoms with E-state index in [2.05, 4.69) is 6.07 Å². The van der Waals surface area contributed by atoms with E-state index in [9.17, 15) is 14.7 Å². The van der Waals surface area contributed by atoms with Gasteiger partial charge in [-0.15, -0.1) is 0 Å². The molecule has 36 heavy (non-hydrogen) atoms. The Bertz CT molecular complexity index is 1260. The molecule has 1 N–H and O–H groups in total. The maximum absolute atomic E-state index is 13.1. The SMILES string of the molecule is COCCN1C(=O)C(=O)C(=C(O)c2ccc(OCc3cccc(C)c3)cc2)C1c1ccc(OC)cc1. The van der Waals surface area contributed by atoms with Crippen molar-refractivity contribution in [2.75, 3.05) is 27.4 Å². The molecule has 1 aliphatic rings. The van der Waals surface area contributed by atoms with Crippen molar-refractivity contribution in [2.24, 2.45) is 0 Å². The largest absolute Gasteiger partial charge is 0.507 e. The lowest BCUT2D eigenvalue weighted by Crippen LogP contribution is -2.32. The number of nitrogens with zero attached hydrogens (tertiary/aromatic N) is 1. The molecule has 0 spiro atoms. The van der Waals surface area contributed by atoms with E-state index < -0.39 is 17.7 Å². The van der Waals surface area contributed by atoms with Crippen LogP contribution in [-0.4, -0.2) is 49.1 Å². The molecule has 0 radical (unpaired) electrons. The second-order valence-electron chi connectivity index (χ2n) is 8.56. The smallest absolute Gasteiger partial charge is 0.295 e. The monoisotopic (exact) mass is 487 g/mol. The van der Waals surface area contributed by atoms with Gasteiger partial charge in [-0.1, -0.05) is 42.0 Å². The maximum atomic E-state index is 13.1. The van der Waals surface area contributed by atoms with Gasteiger partial charge in [0.15, 0.2) is 0 Å². The van der Waals surface area contributed by atoms with Crippen LogP contribution in [0.3, 0.4) is 0 Å². The van der Waals surface area contributed by atoms with Crippen molar-refractivity contribution in [3.8, 4) is 11.5 Å². The number of aryl methyl sites for hydroxylation is 1. The summed E-state index contributed by atoms with van der Waals surface area (Å²) in [5.41, 5.74) is 3.35. The third-order valence-corrected chi connectivity index (χ3v) is 6.12. The van der Waals surface area contributed by atoms with Crippen LogP contribution in [0.5, 0.6) is 11.5 Å². The molecule has 1 heterocycles. The number of benzene rings is 3. The molecule has 0 bridgehead atoms. The highest BCUT2D eigenvalue weighted by molar-refractivity contribution is 6.46.